The van der Waals surface area contributed by atoms with Crippen molar-refractivity contribution in [2.45, 2.75) is 80.4 Å². The zero-order valence-electron chi connectivity index (χ0n) is 20.0. The van der Waals surface area contributed by atoms with Crippen LogP contribution in [0.1, 0.15) is 57.8 Å². The maximum Gasteiger partial charge on any atom is 1.00 e. The van der Waals surface area contributed by atoms with E-state index in [1.54, 1.807) is 0 Å². The summed E-state index contributed by atoms with van der Waals surface area (Å²) in [6.45, 7) is 0.326. The summed E-state index contributed by atoms with van der Waals surface area (Å²) in [5.41, 5.74) is 0. The molecule has 0 spiro atoms. The number of hydrogen-bond acceptors (Lipinski definition) is 10. The summed E-state index contributed by atoms with van der Waals surface area (Å²) in [5, 5.41) is 16.3. The molecule has 3 aliphatic rings. The Morgan fingerprint density at radius 1 is 1.14 bits per heavy atom. The van der Waals surface area contributed by atoms with Gasteiger partial charge >= 0.3 is 41.6 Å². The molecule has 4 atom stereocenters. The van der Waals surface area contributed by atoms with Gasteiger partial charge in [0.2, 0.25) is 0 Å². The van der Waals surface area contributed by atoms with Gasteiger partial charge in [0.15, 0.2) is 5.25 Å². The van der Waals surface area contributed by atoms with Crippen molar-refractivity contribution in [1.29, 1.82) is 0 Å². The van der Waals surface area contributed by atoms with Crippen molar-refractivity contribution in [3.63, 3.8) is 0 Å². The summed E-state index contributed by atoms with van der Waals surface area (Å²) in [4.78, 5) is 55.3. The normalized spacial score (nSPS) is 25.9. The van der Waals surface area contributed by atoms with Crippen LogP contribution in [0.4, 0.5) is 4.79 Å². The largest absolute Gasteiger partial charge is 1.00 e. The van der Waals surface area contributed by atoms with E-state index >= 15 is 0 Å². The van der Waals surface area contributed by atoms with Gasteiger partial charge in [0.25, 0.3) is 21.9 Å². The third kappa shape index (κ3) is 8.58. The van der Waals surface area contributed by atoms with Crippen LogP contribution in [0.15, 0.2) is 4.99 Å². The number of carbonyl (C=O) groups is 4. The van der Waals surface area contributed by atoms with Gasteiger partial charge in [-0.15, -0.1) is 5.06 Å². The van der Waals surface area contributed by atoms with Crippen LogP contribution in [-0.4, -0.2) is 82.6 Å². The van der Waals surface area contributed by atoms with E-state index in [0.717, 1.165) is 25.0 Å². The summed E-state index contributed by atoms with van der Waals surface area (Å²) < 4.78 is 31.1. The number of hydroxylamine groups is 2. The van der Waals surface area contributed by atoms with E-state index in [4.69, 9.17) is 4.55 Å². The Morgan fingerprint density at radius 3 is 2.56 bits per heavy atom. The molecule has 0 saturated carbocycles. The number of fused-ring (bicyclic) bond motifs is 1. The molecule has 196 valence electrons. The first kappa shape index (κ1) is 30.8. The Bertz CT molecular complexity index is 978. The number of imide groups is 1. The molecule has 36 heavy (non-hydrogen) atoms. The first-order chi connectivity index (χ1) is 16.6. The number of hydrogen-bond donors (Lipinski definition) is 3. The third-order valence-corrected chi connectivity index (χ3v) is 8.61. The average Bonchev–Trinajstić information content (AvgIpc) is 3.41. The number of rotatable bonds is 13. The Morgan fingerprint density at radius 2 is 1.86 bits per heavy atom. The zero-order chi connectivity index (χ0) is 25.6. The molecule has 3 saturated heterocycles. The molecule has 3 N–H and O–H groups in total. The fourth-order valence-electron chi connectivity index (χ4n) is 4.16. The van der Waals surface area contributed by atoms with E-state index in [1.807, 2.05) is 11.8 Å². The second-order valence-corrected chi connectivity index (χ2v) is 11.5. The van der Waals surface area contributed by atoms with Crippen molar-refractivity contribution in [1.82, 2.24) is 15.7 Å². The number of aliphatic imine (C=N–C) groups is 1. The minimum Gasteiger partial charge on any atom is -0.862 e. The molecule has 3 rings (SSSR count). The molecule has 0 aromatic rings. The monoisotopic (exact) mass is 556 g/mol. The molecule has 0 aromatic carbocycles. The molecular weight excluding hydrogens is 527 g/mol. The molecule has 0 radical (unpaired) electrons. The number of thioether (sulfide) groups is 1. The van der Waals surface area contributed by atoms with Crippen LogP contribution >= 0.6 is 11.8 Å². The quantitative estimate of drug-likeness (QED) is 0.0390. The van der Waals surface area contributed by atoms with Crippen molar-refractivity contribution in [2.75, 3.05) is 12.3 Å². The first-order valence-electron chi connectivity index (χ1n) is 11.5. The Balaban J connectivity index is 0.00000456. The number of nitrogens with zero attached hydrogens (tertiary/aromatic N) is 2. The van der Waals surface area contributed by atoms with Crippen molar-refractivity contribution >= 4 is 51.6 Å². The van der Waals surface area contributed by atoms with Gasteiger partial charge in [-0.1, -0.05) is 12.8 Å². The van der Waals surface area contributed by atoms with Crippen LogP contribution in [0.5, 0.6) is 0 Å². The van der Waals surface area contributed by atoms with Gasteiger partial charge in [-0.2, -0.15) is 20.2 Å². The molecule has 4 amide bonds. The van der Waals surface area contributed by atoms with E-state index in [2.05, 4.69) is 20.5 Å². The molecule has 0 bridgehead atoms. The van der Waals surface area contributed by atoms with Gasteiger partial charge in [-0.05, 0) is 38.0 Å². The zero-order valence-corrected chi connectivity index (χ0v) is 23.6. The van der Waals surface area contributed by atoms with Gasteiger partial charge in [-0.3, -0.25) is 14.1 Å². The van der Waals surface area contributed by atoms with Gasteiger partial charge in [0.05, 0.1) is 18.5 Å². The standard InChI is InChI=1S/C20H30N4O9S2.Na/c25-15(7-4-3-6-13-18-12(11-34-13)22-20(29)23-18)21-9-5-1-2-8-17(27)33-24-16(26)10-14(19(24)28)35(30,31)32;/h12-14,18H,1-11H2,(H,21,25)(H2,22,23,29)(H,30,31,32);/q;+1/p-1. The van der Waals surface area contributed by atoms with Gasteiger partial charge < -0.3 is 25.6 Å². The second-order valence-electron chi connectivity index (χ2n) is 8.65. The summed E-state index contributed by atoms with van der Waals surface area (Å²) >= 11 is 1.84. The number of nitrogens with one attached hydrogen (secondary N) is 2. The summed E-state index contributed by atoms with van der Waals surface area (Å²) in [6, 6.07) is 0.246. The number of amides is 4. The van der Waals surface area contributed by atoms with Crippen LogP contribution in [0.3, 0.4) is 0 Å². The van der Waals surface area contributed by atoms with E-state index in [1.165, 1.54) is 0 Å². The third-order valence-electron chi connectivity index (χ3n) is 6.01. The van der Waals surface area contributed by atoms with Crippen molar-refractivity contribution in [3.8, 4) is 0 Å². The van der Waals surface area contributed by atoms with E-state index in [9.17, 15) is 32.7 Å². The molecule has 4 unspecified atom stereocenters. The van der Waals surface area contributed by atoms with Crippen LogP contribution < -0.4 is 45.3 Å². The average molecular weight is 557 g/mol. The minimum atomic E-state index is -4.76. The minimum absolute atomic E-state index is 0. The van der Waals surface area contributed by atoms with Crippen molar-refractivity contribution < 1.29 is 71.7 Å². The smallest absolute Gasteiger partial charge is 0.862 e. The fraction of sp³-hybridized carbons (Fsp3) is 0.750. The van der Waals surface area contributed by atoms with Crippen molar-refractivity contribution in [2.24, 2.45) is 4.99 Å². The molecular formula is C20H29N4NaO9S2. The first-order valence-corrected chi connectivity index (χ1v) is 14.0. The summed E-state index contributed by atoms with van der Waals surface area (Å²) in [6.07, 6.45) is 3.52. The Hall–Kier alpha value is -1.39. The predicted molar refractivity (Wildman–Crippen MR) is 123 cm³/mol. The molecule has 13 nitrogen and oxygen atoms in total. The van der Waals surface area contributed by atoms with E-state index in [-0.39, 0.29) is 65.1 Å². The fourth-order valence-corrected chi connectivity index (χ4v) is 6.41. The number of carbonyl (C=O) groups excluding carboxylic acids is 4. The van der Waals surface area contributed by atoms with Gasteiger partial charge in [0, 0.05) is 24.0 Å². The SMILES string of the molecule is O=C1NC2CSC(CCCCC([O-])=NCCCCCC(=O)ON3C(=O)CC(S(=O)(=O)O)C3=O)C2N1.[Na+]. The van der Waals surface area contributed by atoms with Crippen LogP contribution in [-0.2, 0) is 29.3 Å². The molecule has 3 fully saturated rings. The van der Waals surface area contributed by atoms with Gasteiger partial charge in [0.1, 0.15) is 0 Å². The maximum atomic E-state index is 11.9. The molecule has 0 aliphatic carbocycles. The topological polar surface area (TPSA) is 195 Å². The van der Waals surface area contributed by atoms with Crippen molar-refractivity contribution in [3.05, 3.63) is 0 Å². The molecule has 16 heteroatoms. The van der Waals surface area contributed by atoms with Gasteiger partial charge in [-0.25, -0.2) is 9.59 Å². The summed E-state index contributed by atoms with van der Waals surface area (Å²) in [7, 11) is -4.76. The second kappa shape index (κ2) is 14.0. The van der Waals surface area contributed by atoms with E-state index in [0.29, 0.717) is 37.5 Å². The predicted octanol–water partition coefficient (Wildman–Crippen LogP) is -3.49. The van der Waals surface area contributed by atoms with Crippen LogP contribution in [0.2, 0.25) is 0 Å². The van der Waals surface area contributed by atoms with Crippen LogP contribution in [0.25, 0.3) is 0 Å². The maximum absolute atomic E-state index is 11.9. The van der Waals surface area contributed by atoms with E-state index < -0.39 is 39.6 Å². The Kier molecular flexibility index (Phi) is 12.0. The Labute approximate surface area is 235 Å². The number of urea groups is 1. The molecule has 3 heterocycles. The number of unbranched alkanes of at least 4 members (excludes halogenated alkanes) is 3. The molecule has 3 aliphatic heterocycles. The molecule has 0 aromatic heterocycles. The summed E-state index contributed by atoms with van der Waals surface area (Å²) in [5.74, 6) is -2.45. The van der Waals surface area contributed by atoms with Crippen LogP contribution in [0, 0.1) is 0 Å².